The molecular weight excluding hydrogens is 176 g/mol. The summed E-state index contributed by atoms with van der Waals surface area (Å²) >= 11 is 0. The highest BCUT2D eigenvalue weighted by atomic mass is 16.2. The summed E-state index contributed by atoms with van der Waals surface area (Å²) in [6.45, 7) is 2.39. The predicted molar refractivity (Wildman–Crippen MR) is 58.4 cm³/mol. The van der Waals surface area contributed by atoms with Gasteiger partial charge in [0.1, 0.15) is 0 Å². The lowest BCUT2D eigenvalue weighted by molar-refractivity contribution is -0.116. The quantitative estimate of drug-likeness (QED) is 0.787. The zero-order valence-corrected chi connectivity index (χ0v) is 8.87. The van der Waals surface area contributed by atoms with Gasteiger partial charge < -0.3 is 10.2 Å². The van der Waals surface area contributed by atoms with Crippen LogP contribution in [0.25, 0.3) is 0 Å². The molecule has 0 saturated carbocycles. The van der Waals surface area contributed by atoms with Gasteiger partial charge in [0.15, 0.2) is 0 Å². The molecule has 0 fully saturated rings. The summed E-state index contributed by atoms with van der Waals surface area (Å²) in [5.74, 6) is 0.0179. The number of likely N-dealkylation sites (N-methyl/N-ethyl adjacent to an activating group) is 1. The van der Waals surface area contributed by atoms with E-state index in [0.717, 1.165) is 11.3 Å². The molecule has 14 heavy (non-hydrogen) atoms. The van der Waals surface area contributed by atoms with Crippen LogP contribution in [0.3, 0.4) is 0 Å². The largest absolute Gasteiger partial charge is 0.325 e. The molecule has 0 heterocycles. The molecule has 1 N–H and O–H groups in total. The van der Waals surface area contributed by atoms with Gasteiger partial charge in [0.2, 0.25) is 5.91 Å². The summed E-state index contributed by atoms with van der Waals surface area (Å²) in [5, 5.41) is 2.86. The molecule has 0 atom stereocenters. The zero-order valence-electron chi connectivity index (χ0n) is 8.87. The normalized spacial score (nSPS) is 10.3. The van der Waals surface area contributed by atoms with Gasteiger partial charge in [-0.05, 0) is 32.6 Å². The van der Waals surface area contributed by atoms with Gasteiger partial charge in [-0.25, -0.2) is 0 Å². The smallest absolute Gasteiger partial charge is 0.238 e. The molecule has 3 heteroatoms. The molecule has 0 aliphatic carbocycles. The van der Waals surface area contributed by atoms with E-state index in [1.165, 1.54) is 0 Å². The summed E-state index contributed by atoms with van der Waals surface area (Å²) in [7, 11) is 3.74. The number of hydrogen-bond donors (Lipinski definition) is 1. The van der Waals surface area contributed by atoms with Crippen LogP contribution >= 0.6 is 0 Å². The second kappa shape index (κ2) is 4.77. The van der Waals surface area contributed by atoms with Crippen LogP contribution in [-0.2, 0) is 4.79 Å². The van der Waals surface area contributed by atoms with Crippen LogP contribution in [0.15, 0.2) is 24.3 Å². The van der Waals surface area contributed by atoms with E-state index in [1.54, 1.807) is 0 Å². The molecule has 76 valence electrons. The van der Waals surface area contributed by atoms with Gasteiger partial charge in [0, 0.05) is 5.69 Å². The predicted octanol–water partition coefficient (Wildman–Crippen LogP) is 1.50. The molecule has 0 aliphatic heterocycles. The third-order valence-corrected chi connectivity index (χ3v) is 1.88. The van der Waals surface area contributed by atoms with Crippen LogP contribution in [0.1, 0.15) is 5.56 Å². The Labute approximate surface area is 84.7 Å². The molecule has 0 aromatic heterocycles. The van der Waals surface area contributed by atoms with Crippen LogP contribution in [0.2, 0.25) is 0 Å². The first kappa shape index (κ1) is 10.7. The lowest BCUT2D eigenvalue weighted by Gasteiger charge is -2.11. The minimum atomic E-state index is 0.0179. The monoisotopic (exact) mass is 192 g/mol. The average Bonchev–Trinajstić information content (AvgIpc) is 2.07. The molecule has 0 spiro atoms. The first-order valence-electron chi connectivity index (χ1n) is 4.60. The maximum atomic E-state index is 11.4. The fourth-order valence-electron chi connectivity index (χ4n) is 1.19. The summed E-state index contributed by atoms with van der Waals surface area (Å²) in [5.41, 5.74) is 1.97. The topological polar surface area (TPSA) is 32.3 Å². The molecule has 1 aromatic carbocycles. The molecule has 3 nitrogen and oxygen atoms in total. The number of para-hydroxylation sites is 1. The molecule has 1 aromatic rings. The van der Waals surface area contributed by atoms with Crippen molar-refractivity contribution in [2.45, 2.75) is 6.92 Å². The van der Waals surface area contributed by atoms with Gasteiger partial charge in [-0.3, -0.25) is 4.79 Å². The van der Waals surface area contributed by atoms with Gasteiger partial charge in [0.25, 0.3) is 0 Å². The summed E-state index contributed by atoms with van der Waals surface area (Å²) in [4.78, 5) is 13.3. The van der Waals surface area contributed by atoms with Crippen LogP contribution in [0.5, 0.6) is 0 Å². The van der Waals surface area contributed by atoms with E-state index in [1.807, 2.05) is 50.2 Å². The maximum Gasteiger partial charge on any atom is 0.238 e. The van der Waals surface area contributed by atoms with Gasteiger partial charge in [-0.15, -0.1) is 0 Å². The molecule has 1 amide bonds. The van der Waals surface area contributed by atoms with Gasteiger partial charge in [0.05, 0.1) is 6.54 Å². The minimum absolute atomic E-state index is 0.0179. The summed E-state index contributed by atoms with van der Waals surface area (Å²) in [6, 6.07) is 7.75. The number of nitrogens with one attached hydrogen (secondary N) is 1. The number of anilines is 1. The lowest BCUT2D eigenvalue weighted by Crippen LogP contribution is -2.27. The van der Waals surface area contributed by atoms with Crippen molar-refractivity contribution in [2.24, 2.45) is 0 Å². The van der Waals surface area contributed by atoms with Crippen molar-refractivity contribution in [2.75, 3.05) is 26.0 Å². The Morgan fingerprint density at radius 2 is 2.00 bits per heavy atom. The zero-order chi connectivity index (χ0) is 10.6. The van der Waals surface area contributed by atoms with Crippen molar-refractivity contribution in [3.05, 3.63) is 29.8 Å². The van der Waals surface area contributed by atoms with E-state index in [0.29, 0.717) is 6.54 Å². The number of carbonyl (C=O) groups excluding carboxylic acids is 1. The number of rotatable bonds is 3. The Morgan fingerprint density at radius 3 is 2.57 bits per heavy atom. The highest BCUT2D eigenvalue weighted by Gasteiger charge is 2.04. The molecule has 0 aliphatic rings. The van der Waals surface area contributed by atoms with Crippen molar-refractivity contribution >= 4 is 11.6 Å². The number of aryl methyl sites for hydroxylation is 1. The van der Waals surface area contributed by atoms with Crippen molar-refractivity contribution < 1.29 is 4.79 Å². The third-order valence-electron chi connectivity index (χ3n) is 1.88. The van der Waals surface area contributed by atoms with E-state index in [2.05, 4.69) is 5.32 Å². The average molecular weight is 192 g/mol. The molecule has 0 radical (unpaired) electrons. The van der Waals surface area contributed by atoms with Crippen LogP contribution in [-0.4, -0.2) is 31.4 Å². The van der Waals surface area contributed by atoms with Crippen LogP contribution < -0.4 is 5.32 Å². The molecule has 0 unspecified atom stereocenters. The van der Waals surface area contributed by atoms with E-state index in [4.69, 9.17) is 0 Å². The Morgan fingerprint density at radius 1 is 1.36 bits per heavy atom. The van der Waals surface area contributed by atoms with Crippen molar-refractivity contribution in [1.82, 2.24) is 4.90 Å². The number of carbonyl (C=O) groups is 1. The molecular formula is C11H16N2O. The molecule has 0 saturated heterocycles. The number of hydrogen-bond acceptors (Lipinski definition) is 2. The Balaban J connectivity index is 2.61. The van der Waals surface area contributed by atoms with E-state index in [9.17, 15) is 4.79 Å². The maximum absolute atomic E-state index is 11.4. The van der Waals surface area contributed by atoms with E-state index < -0.39 is 0 Å². The fourth-order valence-corrected chi connectivity index (χ4v) is 1.19. The second-order valence-electron chi connectivity index (χ2n) is 3.60. The second-order valence-corrected chi connectivity index (χ2v) is 3.60. The lowest BCUT2D eigenvalue weighted by atomic mass is 10.2. The van der Waals surface area contributed by atoms with Crippen molar-refractivity contribution in [1.29, 1.82) is 0 Å². The number of nitrogens with zero attached hydrogens (tertiary/aromatic N) is 1. The number of amides is 1. The SMILES string of the molecule is Cc1ccccc1NC(=O)CN(C)C. The highest BCUT2D eigenvalue weighted by Crippen LogP contribution is 2.12. The van der Waals surface area contributed by atoms with Gasteiger partial charge >= 0.3 is 0 Å². The van der Waals surface area contributed by atoms with Crippen molar-refractivity contribution in [3.8, 4) is 0 Å². The first-order valence-corrected chi connectivity index (χ1v) is 4.60. The first-order chi connectivity index (χ1) is 6.59. The number of benzene rings is 1. The Hall–Kier alpha value is -1.35. The molecule has 0 bridgehead atoms. The van der Waals surface area contributed by atoms with E-state index >= 15 is 0 Å². The molecule has 1 rings (SSSR count). The summed E-state index contributed by atoms with van der Waals surface area (Å²) in [6.07, 6.45) is 0. The van der Waals surface area contributed by atoms with Gasteiger partial charge in [-0.2, -0.15) is 0 Å². The van der Waals surface area contributed by atoms with Crippen LogP contribution in [0, 0.1) is 6.92 Å². The Kier molecular flexibility index (Phi) is 3.65. The fraction of sp³-hybridized carbons (Fsp3) is 0.364. The van der Waals surface area contributed by atoms with Gasteiger partial charge in [-0.1, -0.05) is 18.2 Å². The standard InChI is InChI=1S/C11H16N2O/c1-9-6-4-5-7-10(9)12-11(14)8-13(2)3/h4-7H,8H2,1-3H3,(H,12,14). The van der Waals surface area contributed by atoms with E-state index in [-0.39, 0.29) is 5.91 Å². The minimum Gasteiger partial charge on any atom is -0.325 e. The highest BCUT2D eigenvalue weighted by molar-refractivity contribution is 5.92. The van der Waals surface area contributed by atoms with Crippen molar-refractivity contribution in [3.63, 3.8) is 0 Å². The summed E-state index contributed by atoms with van der Waals surface area (Å²) < 4.78 is 0. The van der Waals surface area contributed by atoms with Crippen LogP contribution in [0.4, 0.5) is 5.69 Å². The third kappa shape index (κ3) is 3.18. The Bertz CT molecular complexity index is 321.